The van der Waals surface area contributed by atoms with Crippen LogP contribution in [0, 0.1) is 0 Å². The molecule has 12 heavy (non-hydrogen) atoms. The minimum atomic E-state index is -1.03. The van der Waals surface area contributed by atoms with Crippen LogP contribution >= 0.6 is 11.6 Å². The van der Waals surface area contributed by atoms with E-state index in [1.807, 2.05) is 6.92 Å². The molecule has 0 aliphatic carbocycles. The summed E-state index contributed by atoms with van der Waals surface area (Å²) in [5.74, 6) is -1.03. The van der Waals surface area contributed by atoms with Gasteiger partial charge in [-0.1, -0.05) is 18.5 Å². The average Bonchev–Trinajstić information content (AvgIpc) is 2.03. The van der Waals surface area contributed by atoms with Gasteiger partial charge in [0.2, 0.25) is 0 Å². The maximum absolute atomic E-state index is 10.6. The van der Waals surface area contributed by atoms with Gasteiger partial charge in [0, 0.05) is 16.8 Å². The van der Waals surface area contributed by atoms with Gasteiger partial charge >= 0.3 is 5.97 Å². The summed E-state index contributed by atoms with van der Waals surface area (Å²) >= 11 is 5.77. The maximum Gasteiger partial charge on any atom is 0.354 e. The third-order valence-corrected chi connectivity index (χ3v) is 1.91. The molecule has 0 aromatic carbocycles. The Hall–Kier alpha value is -1.09. The Morgan fingerprint density at radius 2 is 2.42 bits per heavy atom. The van der Waals surface area contributed by atoms with E-state index in [1.54, 1.807) is 6.07 Å². The van der Waals surface area contributed by atoms with Crippen molar-refractivity contribution in [2.75, 3.05) is 0 Å². The van der Waals surface area contributed by atoms with Gasteiger partial charge in [0.05, 0.1) is 0 Å². The highest BCUT2D eigenvalue weighted by molar-refractivity contribution is 6.31. The van der Waals surface area contributed by atoms with Gasteiger partial charge in [-0.25, -0.2) is 9.78 Å². The molecule has 0 saturated carbocycles. The van der Waals surface area contributed by atoms with Gasteiger partial charge in [-0.3, -0.25) is 0 Å². The minimum Gasteiger partial charge on any atom is -0.477 e. The molecule has 0 spiro atoms. The van der Waals surface area contributed by atoms with Crippen molar-refractivity contribution in [2.24, 2.45) is 0 Å². The Balaban J connectivity index is 3.27. The van der Waals surface area contributed by atoms with E-state index in [2.05, 4.69) is 4.98 Å². The number of carbonyl (C=O) groups is 1. The molecule has 0 radical (unpaired) electrons. The zero-order chi connectivity index (χ0) is 9.14. The largest absolute Gasteiger partial charge is 0.477 e. The lowest BCUT2D eigenvalue weighted by atomic mass is 10.1. The van der Waals surface area contributed by atoms with Gasteiger partial charge in [0.25, 0.3) is 0 Å². The molecule has 3 nitrogen and oxygen atoms in total. The molecule has 0 aliphatic rings. The van der Waals surface area contributed by atoms with Gasteiger partial charge < -0.3 is 5.11 Å². The van der Waals surface area contributed by atoms with Crippen LogP contribution in [0.1, 0.15) is 23.0 Å². The number of hydrogen-bond donors (Lipinski definition) is 1. The molecule has 1 aromatic rings. The summed E-state index contributed by atoms with van der Waals surface area (Å²) in [6.45, 7) is 1.84. The Morgan fingerprint density at radius 1 is 1.75 bits per heavy atom. The van der Waals surface area contributed by atoms with E-state index in [9.17, 15) is 4.79 Å². The second-order valence-corrected chi connectivity index (χ2v) is 2.69. The molecule has 0 atom stereocenters. The van der Waals surface area contributed by atoms with Crippen molar-refractivity contribution in [2.45, 2.75) is 13.3 Å². The molecule has 0 unspecified atom stereocenters. The summed E-state index contributed by atoms with van der Waals surface area (Å²) < 4.78 is 0. The zero-order valence-electron chi connectivity index (χ0n) is 6.54. The Morgan fingerprint density at radius 3 is 2.83 bits per heavy atom. The van der Waals surface area contributed by atoms with E-state index >= 15 is 0 Å². The van der Waals surface area contributed by atoms with Crippen molar-refractivity contribution >= 4 is 17.6 Å². The van der Waals surface area contributed by atoms with Gasteiger partial charge in [0.1, 0.15) is 0 Å². The highest BCUT2D eigenvalue weighted by Gasteiger charge is 2.12. The van der Waals surface area contributed by atoms with E-state index in [0.29, 0.717) is 17.0 Å². The number of rotatable bonds is 2. The molecular weight excluding hydrogens is 178 g/mol. The molecule has 0 amide bonds. The van der Waals surface area contributed by atoms with E-state index in [4.69, 9.17) is 16.7 Å². The third kappa shape index (κ3) is 1.56. The summed E-state index contributed by atoms with van der Waals surface area (Å²) in [6.07, 6.45) is 1.97. The lowest BCUT2D eigenvalue weighted by Gasteiger charge is -2.02. The molecule has 4 heteroatoms. The van der Waals surface area contributed by atoms with Gasteiger partial charge in [-0.15, -0.1) is 0 Å². The standard InChI is InChI=1S/C8H8ClNO2/c1-2-5-6(9)3-4-10-7(5)8(11)12/h3-4H,2H2,1H3,(H,11,12). The van der Waals surface area contributed by atoms with Crippen LogP contribution < -0.4 is 0 Å². The molecule has 0 fully saturated rings. The Kier molecular flexibility index (Phi) is 2.65. The molecule has 0 saturated heterocycles. The molecule has 0 bridgehead atoms. The quantitative estimate of drug-likeness (QED) is 0.767. The zero-order valence-corrected chi connectivity index (χ0v) is 7.30. The third-order valence-electron chi connectivity index (χ3n) is 1.55. The average molecular weight is 186 g/mol. The summed E-state index contributed by atoms with van der Waals surface area (Å²) in [5, 5.41) is 9.16. The Bertz CT molecular complexity index is 312. The van der Waals surface area contributed by atoms with Crippen LogP contribution in [0.15, 0.2) is 12.3 Å². The van der Waals surface area contributed by atoms with E-state index in [-0.39, 0.29) is 5.69 Å². The molecule has 1 aromatic heterocycles. The van der Waals surface area contributed by atoms with Crippen molar-refractivity contribution in [3.05, 3.63) is 28.5 Å². The van der Waals surface area contributed by atoms with Crippen molar-refractivity contribution < 1.29 is 9.90 Å². The summed E-state index contributed by atoms with van der Waals surface area (Å²) in [6, 6.07) is 1.59. The summed E-state index contributed by atoms with van der Waals surface area (Å²) in [7, 11) is 0. The van der Waals surface area contributed by atoms with Crippen LogP contribution in [0.2, 0.25) is 5.02 Å². The molecular formula is C8H8ClNO2. The van der Waals surface area contributed by atoms with Gasteiger partial charge in [-0.2, -0.15) is 0 Å². The van der Waals surface area contributed by atoms with Crippen molar-refractivity contribution in [1.82, 2.24) is 4.98 Å². The highest BCUT2D eigenvalue weighted by atomic mass is 35.5. The second-order valence-electron chi connectivity index (χ2n) is 2.28. The Labute approximate surface area is 75.0 Å². The molecule has 0 aliphatic heterocycles. The molecule has 1 N–H and O–H groups in total. The van der Waals surface area contributed by atoms with Crippen molar-refractivity contribution in [1.29, 1.82) is 0 Å². The smallest absolute Gasteiger partial charge is 0.354 e. The minimum absolute atomic E-state index is 0.0463. The summed E-state index contributed by atoms with van der Waals surface area (Å²) in [4.78, 5) is 14.3. The fraction of sp³-hybridized carbons (Fsp3) is 0.250. The lowest BCUT2D eigenvalue weighted by Crippen LogP contribution is -2.05. The number of hydrogen-bond acceptors (Lipinski definition) is 2. The predicted octanol–water partition coefficient (Wildman–Crippen LogP) is 2.00. The number of carboxylic acid groups (broad SMARTS) is 1. The van der Waals surface area contributed by atoms with Crippen LogP contribution in [0.4, 0.5) is 0 Å². The SMILES string of the molecule is CCc1c(Cl)ccnc1C(=O)O. The first kappa shape index (κ1) is 9.00. The van der Waals surface area contributed by atoms with Crippen LogP contribution in [0.5, 0.6) is 0 Å². The molecule has 1 heterocycles. The number of pyridine rings is 1. The number of aromatic nitrogens is 1. The first-order chi connectivity index (χ1) is 5.66. The number of aromatic carboxylic acids is 1. The van der Waals surface area contributed by atoms with Crippen LogP contribution in [0.25, 0.3) is 0 Å². The van der Waals surface area contributed by atoms with Crippen molar-refractivity contribution in [3.8, 4) is 0 Å². The topological polar surface area (TPSA) is 50.2 Å². The van der Waals surface area contributed by atoms with E-state index < -0.39 is 5.97 Å². The maximum atomic E-state index is 10.6. The van der Waals surface area contributed by atoms with Gasteiger partial charge in [0.15, 0.2) is 5.69 Å². The fourth-order valence-electron chi connectivity index (χ4n) is 0.989. The van der Waals surface area contributed by atoms with Crippen LogP contribution in [-0.2, 0) is 6.42 Å². The fourth-order valence-corrected chi connectivity index (χ4v) is 1.27. The van der Waals surface area contributed by atoms with Crippen molar-refractivity contribution in [3.63, 3.8) is 0 Å². The summed E-state index contributed by atoms with van der Waals surface area (Å²) in [5.41, 5.74) is 0.636. The van der Waals surface area contributed by atoms with Gasteiger partial charge in [-0.05, 0) is 12.5 Å². The normalized spacial score (nSPS) is 9.83. The lowest BCUT2D eigenvalue weighted by molar-refractivity contribution is 0.0689. The number of nitrogens with zero attached hydrogens (tertiary/aromatic N) is 1. The predicted molar refractivity (Wildman–Crippen MR) is 45.6 cm³/mol. The van der Waals surface area contributed by atoms with Crippen LogP contribution in [0.3, 0.4) is 0 Å². The van der Waals surface area contributed by atoms with Crippen LogP contribution in [-0.4, -0.2) is 16.1 Å². The second kappa shape index (κ2) is 3.54. The molecule has 1 rings (SSSR count). The number of carboxylic acids is 1. The van der Waals surface area contributed by atoms with E-state index in [0.717, 1.165) is 0 Å². The first-order valence-electron chi connectivity index (χ1n) is 3.53. The monoisotopic (exact) mass is 185 g/mol. The molecule has 64 valence electrons. The number of halogens is 1. The highest BCUT2D eigenvalue weighted by Crippen LogP contribution is 2.18. The first-order valence-corrected chi connectivity index (χ1v) is 3.91. The van der Waals surface area contributed by atoms with E-state index in [1.165, 1.54) is 6.20 Å².